The fourth-order valence-electron chi connectivity index (χ4n) is 2.33. The number of hydrogen-bond donors (Lipinski definition) is 3. The number of rotatable bonds is 6. The summed E-state index contributed by atoms with van der Waals surface area (Å²) in [5.74, 6) is -1.42. The number of nitrogens with zero attached hydrogens (tertiary/aromatic N) is 2. The molecule has 0 fully saturated rings. The molecule has 0 atom stereocenters. The minimum Gasteiger partial charge on any atom is -0.507 e. The van der Waals surface area contributed by atoms with Crippen molar-refractivity contribution >= 4 is 34.0 Å². The summed E-state index contributed by atoms with van der Waals surface area (Å²) in [5, 5.41) is 18.6. The van der Waals surface area contributed by atoms with E-state index in [9.17, 15) is 18.3 Å². The van der Waals surface area contributed by atoms with Gasteiger partial charge in [-0.2, -0.15) is 0 Å². The summed E-state index contributed by atoms with van der Waals surface area (Å²) in [4.78, 5) is 18.8. The van der Waals surface area contributed by atoms with E-state index in [0.29, 0.717) is 11.1 Å². The number of phenols is 1. The Morgan fingerprint density at radius 3 is 2.32 bits per heavy atom. The summed E-state index contributed by atoms with van der Waals surface area (Å²) < 4.78 is 27.0. The first-order valence-corrected chi connectivity index (χ1v) is 9.47. The van der Waals surface area contributed by atoms with Crippen LogP contribution in [0, 0.1) is 0 Å². The predicted octanol–water partition coefficient (Wildman–Crippen LogP) is 2.85. The smallest absolute Gasteiger partial charge is 0.339 e. The van der Waals surface area contributed by atoms with Gasteiger partial charge in [-0.25, -0.2) is 18.2 Å². The molecule has 0 aliphatic carbocycles. The van der Waals surface area contributed by atoms with Crippen LogP contribution in [-0.4, -0.2) is 34.6 Å². The number of aromatic nitrogens is 2. The average molecular weight is 397 g/mol. The molecule has 0 bridgehead atoms. The van der Waals surface area contributed by atoms with Gasteiger partial charge in [-0.15, -0.1) is 0 Å². The summed E-state index contributed by atoms with van der Waals surface area (Å²) in [7, 11) is -3.79. The third kappa shape index (κ3) is 4.51. The number of aromatic hydroxyl groups is 1. The van der Waals surface area contributed by atoms with Crippen LogP contribution in [0.2, 0.25) is 0 Å². The predicted molar refractivity (Wildman–Crippen MR) is 103 cm³/mol. The number of nitrogens with one attached hydrogen (secondary N) is 1. The number of carboxylic acids is 1. The first-order chi connectivity index (χ1) is 13.3. The van der Waals surface area contributed by atoms with Crippen molar-refractivity contribution < 1.29 is 23.4 Å². The average Bonchev–Trinajstić information content (AvgIpc) is 2.68. The van der Waals surface area contributed by atoms with E-state index in [-0.39, 0.29) is 22.0 Å². The molecule has 2 aromatic carbocycles. The zero-order valence-corrected chi connectivity index (χ0v) is 15.2. The van der Waals surface area contributed by atoms with Crippen molar-refractivity contribution in [1.29, 1.82) is 0 Å². The molecule has 0 aliphatic heterocycles. The maximum Gasteiger partial charge on any atom is 0.339 e. The highest BCUT2D eigenvalue weighted by atomic mass is 32.2. The molecule has 3 N–H and O–H groups in total. The van der Waals surface area contributed by atoms with E-state index in [4.69, 9.17) is 5.11 Å². The maximum absolute atomic E-state index is 12.3. The number of anilines is 1. The number of benzene rings is 2. The van der Waals surface area contributed by atoms with Gasteiger partial charge < -0.3 is 10.2 Å². The Bertz CT molecular complexity index is 1130. The van der Waals surface area contributed by atoms with Crippen molar-refractivity contribution in [3.05, 3.63) is 77.7 Å². The van der Waals surface area contributed by atoms with E-state index < -0.39 is 16.0 Å². The highest BCUT2D eigenvalue weighted by Crippen LogP contribution is 2.20. The third-order valence-corrected chi connectivity index (χ3v) is 5.08. The van der Waals surface area contributed by atoms with Crippen molar-refractivity contribution in [2.75, 3.05) is 4.72 Å². The molecule has 0 spiro atoms. The summed E-state index contributed by atoms with van der Waals surface area (Å²) in [6.45, 7) is 0. The van der Waals surface area contributed by atoms with Crippen LogP contribution >= 0.6 is 0 Å². The van der Waals surface area contributed by atoms with Crippen molar-refractivity contribution in [1.82, 2.24) is 9.97 Å². The number of aromatic carboxylic acids is 1. The summed E-state index contributed by atoms with van der Waals surface area (Å²) in [6, 6.07) is 10.3. The van der Waals surface area contributed by atoms with Crippen LogP contribution in [0.5, 0.6) is 5.75 Å². The summed E-state index contributed by atoms with van der Waals surface area (Å²) in [5.41, 5.74) is 1.10. The van der Waals surface area contributed by atoms with E-state index in [1.807, 2.05) is 0 Å². The number of sulfonamides is 1. The molecule has 0 saturated heterocycles. The molecule has 28 heavy (non-hydrogen) atoms. The van der Waals surface area contributed by atoms with Gasteiger partial charge in [-0.05, 0) is 35.4 Å². The van der Waals surface area contributed by atoms with Gasteiger partial charge in [-0.3, -0.25) is 9.71 Å². The second-order valence-electron chi connectivity index (χ2n) is 5.68. The van der Waals surface area contributed by atoms with Crippen LogP contribution < -0.4 is 4.72 Å². The minimum atomic E-state index is -3.79. The Labute approximate surface area is 160 Å². The van der Waals surface area contributed by atoms with Crippen LogP contribution in [0.1, 0.15) is 21.5 Å². The Morgan fingerprint density at radius 2 is 1.68 bits per heavy atom. The zero-order valence-electron chi connectivity index (χ0n) is 14.4. The third-order valence-electron chi connectivity index (χ3n) is 3.71. The highest BCUT2D eigenvalue weighted by molar-refractivity contribution is 7.92. The molecule has 8 nitrogen and oxygen atoms in total. The van der Waals surface area contributed by atoms with Gasteiger partial charge in [0.2, 0.25) is 0 Å². The van der Waals surface area contributed by atoms with E-state index in [1.54, 1.807) is 30.4 Å². The second-order valence-corrected chi connectivity index (χ2v) is 7.36. The van der Waals surface area contributed by atoms with Gasteiger partial charge >= 0.3 is 5.97 Å². The Morgan fingerprint density at radius 1 is 1.00 bits per heavy atom. The quantitative estimate of drug-likeness (QED) is 0.545. The van der Waals surface area contributed by atoms with Crippen molar-refractivity contribution in [3.8, 4) is 5.75 Å². The van der Waals surface area contributed by atoms with Crippen molar-refractivity contribution in [2.45, 2.75) is 4.90 Å². The van der Waals surface area contributed by atoms with Crippen LogP contribution in [0.25, 0.3) is 12.2 Å². The van der Waals surface area contributed by atoms with Gasteiger partial charge in [0.25, 0.3) is 10.0 Å². The fraction of sp³-hybridized carbons (Fsp3) is 0. The largest absolute Gasteiger partial charge is 0.507 e. The van der Waals surface area contributed by atoms with E-state index in [2.05, 4.69) is 14.7 Å². The SMILES string of the molecule is O=C(O)c1cc(/C=C/c2ccc(S(=O)(=O)Nc3cnccn3)cc2)ccc1O. The van der Waals surface area contributed by atoms with Crippen LogP contribution in [-0.2, 0) is 10.0 Å². The molecular formula is C19H15N3O5S. The lowest BCUT2D eigenvalue weighted by Crippen LogP contribution is -2.13. The first kappa shape index (κ1) is 19.1. The number of carboxylic acid groups (broad SMARTS) is 1. The van der Waals surface area contributed by atoms with Gasteiger partial charge in [0, 0.05) is 12.4 Å². The molecule has 142 valence electrons. The molecular weight excluding hydrogens is 382 g/mol. The molecule has 0 unspecified atom stereocenters. The van der Waals surface area contributed by atoms with E-state index in [0.717, 1.165) is 0 Å². The lowest BCUT2D eigenvalue weighted by atomic mass is 10.1. The first-order valence-electron chi connectivity index (χ1n) is 7.98. The van der Waals surface area contributed by atoms with Crippen LogP contribution in [0.3, 0.4) is 0 Å². The molecule has 0 amide bonds. The monoisotopic (exact) mass is 397 g/mol. The lowest BCUT2D eigenvalue weighted by Gasteiger charge is -2.07. The second kappa shape index (κ2) is 7.89. The lowest BCUT2D eigenvalue weighted by molar-refractivity contribution is 0.0693. The molecule has 0 saturated carbocycles. The van der Waals surface area contributed by atoms with E-state index in [1.165, 1.54) is 42.9 Å². The van der Waals surface area contributed by atoms with Crippen molar-refractivity contribution in [3.63, 3.8) is 0 Å². The van der Waals surface area contributed by atoms with Gasteiger partial charge in [0.05, 0.1) is 11.1 Å². The number of carbonyl (C=O) groups is 1. The molecule has 3 aromatic rings. The van der Waals surface area contributed by atoms with Crippen molar-refractivity contribution in [2.24, 2.45) is 0 Å². The molecule has 3 rings (SSSR count). The van der Waals surface area contributed by atoms with E-state index >= 15 is 0 Å². The molecule has 9 heteroatoms. The maximum atomic E-state index is 12.3. The Balaban J connectivity index is 1.77. The summed E-state index contributed by atoms with van der Waals surface area (Å²) >= 11 is 0. The fourth-order valence-corrected chi connectivity index (χ4v) is 3.32. The molecule has 1 aromatic heterocycles. The molecule has 0 radical (unpaired) electrons. The van der Waals surface area contributed by atoms with Crippen LogP contribution in [0.4, 0.5) is 5.82 Å². The summed E-state index contributed by atoms with van der Waals surface area (Å²) in [6.07, 6.45) is 7.48. The molecule has 1 heterocycles. The zero-order chi connectivity index (χ0) is 20.1. The van der Waals surface area contributed by atoms with Gasteiger partial charge in [-0.1, -0.05) is 30.4 Å². The standard InChI is InChI=1S/C19H15N3O5S/c23-17-8-5-14(11-16(17)19(24)25)2-1-13-3-6-15(7-4-13)28(26,27)22-18-12-20-9-10-21-18/h1-12,23H,(H,21,22)(H,24,25)/b2-1+. The van der Waals surface area contributed by atoms with Crippen LogP contribution in [0.15, 0.2) is 66.0 Å². The Hall–Kier alpha value is -3.72. The Kier molecular flexibility index (Phi) is 5.37. The minimum absolute atomic E-state index is 0.0631. The molecule has 0 aliphatic rings. The van der Waals surface area contributed by atoms with Gasteiger partial charge in [0.1, 0.15) is 11.3 Å². The van der Waals surface area contributed by atoms with Gasteiger partial charge in [0.15, 0.2) is 5.82 Å². The number of hydrogen-bond acceptors (Lipinski definition) is 6. The highest BCUT2D eigenvalue weighted by Gasteiger charge is 2.14. The normalized spacial score (nSPS) is 11.4. The topological polar surface area (TPSA) is 129 Å².